The SMILES string of the molecule is C[C@]1(c2cc(NCc3cc(F)cc(F)c3)ccc2F)N=C(N)OC[C@@H]1F. The fourth-order valence-electron chi connectivity index (χ4n) is 2.82. The molecule has 0 aliphatic carbocycles. The van der Waals surface area contributed by atoms with Gasteiger partial charge in [0.2, 0.25) is 0 Å². The highest BCUT2D eigenvalue weighted by atomic mass is 19.1. The van der Waals surface area contributed by atoms with Crippen molar-refractivity contribution in [2.75, 3.05) is 11.9 Å². The van der Waals surface area contributed by atoms with Crippen LogP contribution in [0.5, 0.6) is 0 Å². The molecule has 2 aromatic carbocycles. The molecule has 0 unspecified atom stereocenters. The van der Waals surface area contributed by atoms with Crippen LogP contribution in [0.3, 0.4) is 0 Å². The predicted octanol–water partition coefficient (Wildman–Crippen LogP) is 3.61. The van der Waals surface area contributed by atoms with Crippen molar-refractivity contribution in [1.29, 1.82) is 0 Å². The highest BCUT2D eigenvalue weighted by molar-refractivity contribution is 5.73. The Morgan fingerprint density at radius 2 is 1.88 bits per heavy atom. The Bertz CT molecular complexity index is 838. The summed E-state index contributed by atoms with van der Waals surface area (Å²) in [6.45, 7) is 1.20. The zero-order valence-electron chi connectivity index (χ0n) is 13.9. The van der Waals surface area contributed by atoms with Crippen molar-refractivity contribution in [2.24, 2.45) is 10.7 Å². The predicted molar refractivity (Wildman–Crippen MR) is 89.9 cm³/mol. The van der Waals surface area contributed by atoms with E-state index in [4.69, 9.17) is 10.5 Å². The maximum atomic E-state index is 14.4. The number of hydrogen-bond acceptors (Lipinski definition) is 4. The lowest BCUT2D eigenvalue weighted by molar-refractivity contribution is 0.0923. The summed E-state index contributed by atoms with van der Waals surface area (Å²) in [6.07, 6.45) is -1.59. The van der Waals surface area contributed by atoms with Gasteiger partial charge in [-0.15, -0.1) is 0 Å². The van der Waals surface area contributed by atoms with Gasteiger partial charge in [-0.1, -0.05) is 0 Å². The summed E-state index contributed by atoms with van der Waals surface area (Å²) in [7, 11) is 0. The van der Waals surface area contributed by atoms with Crippen LogP contribution >= 0.6 is 0 Å². The smallest absolute Gasteiger partial charge is 0.283 e. The lowest BCUT2D eigenvalue weighted by Gasteiger charge is -2.33. The van der Waals surface area contributed by atoms with Crippen molar-refractivity contribution in [2.45, 2.75) is 25.2 Å². The highest BCUT2D eigenvalue weighted by Crippen LogP contribution is 2.37. The molecular weight excluding hydrogens is 350 g/mol. The van der Waals surface area contributed by atoms with E-state index in [2.05, 4.69) is 10.3 Å². The Balaban J connectivity index is 1.87. The molecule has 2 atom stereocenters. The minimum absolute atomic E-state index is 0.00618. The molecule has 0 radical (unpaired) electrons. The molecule has 26 heavy (non-hydrogen) atoms. The van der Waals surface area contributed by atoms with Crippen LogP contribution in [-0.4, -0.2) is 18.8 Å². The van der Waals surface area contributed by atoms with Crippen molar-refractivity contribution in [3.8, 4) is 0 Å². The second-order valence-corrected chi connectivity index (χ2v) is 6.20. The quantitative estimate of drug-likeness (QED) is 0.812. The standard InChI is InChI=1S/C18H17F4N3O/c1-18(16(22)9-26-17(23)25-18)14-7-13(2-3-15(14)21)24-8-10-4-11(19)6-12(20)5-10/h2-7,16,24H,8-9H2,1H3,(H2,23,25)/t16-,18+/m0/s1. The van der Waals surface area contributed by atoms with E-state index in [1.807, 2.05) is 0 Å². The van der Waals surface area contributed by atoms with Crippen LogP contribution in [-0.2, 0) is 16.8 Å². The Labute approximate surface area is 147 Å². The molecule has 0 fully saturated rings. The van der Waals surface area contributed by atoms with Gasteiger partial charge in [-0.2, -0.15) is 0 Å². The molecule has 0 spiro atoms. The largest absolute Gasteiger partial charge is 0.462 e. The van der Waals surface area contributed by atoms with Gasteiger partial charge in [-0.25, -0.2) is 22.6 Å². The third-order valence-corrected chi connectivity index (χ3v) is 4.26. The molecule has 3 rings (SSSR count). The van der Waals surface area contributed by atoms with Gasteiger partial charge in [0.15, 0.2) is 6.17 Å². The first-order chi connectivity index (χ1) is 12.3. The molecule has 138 valence electrons. The van der Waals surface area contributed by atoms with Crippen LogP contribution in [0.4, 0.5) is 23.2 Å². The van der Waals surface area contributed by atoms with Crippen LogP contribution in [0.15, 0.2) is 41.4 Å². The molecule has 2 aromatic rings. The van der Waals surface area contributed by atoms with E-state index in [1.54, 1.807) is 0 Å². The zero-order valence-corrected chi connectivity index (χ0v) is 13.9. The molecule has 0 amide bonds. The summed E-state index contributed by atoms with van der Waals surface area (Å²) in [5, 5.41) is 2.93. The van der Waals surface area contributed by atoms with Crippen LogP contribution in [0, 0.1) is 17.5 Å². The van der Waals surface area contributed by atoms with Crippen molar-refractivity contribution >= 4 is 11.7 Å². The molecule has 0 aromatic heterocycles. The van der Waals surface area contributed by atoms with Gasteiger partial charge in [-0.3, -0.25) is 0 Å². The fourth-order valence-corrected chi connectivity index (χ4v) is 2.82. The third kappa shape index (κ3) is 3.58. The molecule has 1 heterocycles. The number of rotatable bonds is 4. The summed E-state index contributed by atoms with van der Waals surface area (Å²) in [6, 6.07) is 6.94. The molecule has 0 saturated heterocycles. The molecular formula is C18H17F4N3O. The molecule has 8 heteroatoms. The van der Waals surface area contributed by atoms with E-state index in [9.17, 15) is 17.6 Å². The first-order valence-corrected chi connectivity index (χ1v) is 7.89. The lowest BCUT2D eigenvalue weighted by atomic mass is 9.86. The molecule has 1 aliphatic rings. The van der Waals surface area contributed by atoms with Crippen molar-refractivity contribution < 1.29 is 22.3 Å². The number of nitrogens with zero attached hydrogens (tertiary/aromatic N) is 1. The molecule has 4 nitrogen and oxygen atoms in total. The van der Waals surface area contributed by atoms with Gasteiger partial charge in [0.05, 0.1) is 0 Å². The number of nitrogens with one attached hydrogen (secondary N) is 1. The second kappa shape index (κ2) is 6.86. The van der Waals surface area contributed by atoms with E-state index in [0.29, 0.717) is 11.3 Å². The van der Waals surface area contributed by atoms with Gasteiger partial charge < -0.3 is 15.8 Å². The first-order valence-electron chi connectivity index (χ1n) is 7.89. The van der Waals surface area contributed by atoms with Gasteiger partial charge in [0.1, 0.15) is 29.6 Å². The molecule has 3 N–H and O–H groups in total. The van der Waals surface area contributed by atoms with Gasteiger partial charge >= 0.3 is 0 Å². The van der Waals surface area contributed by atoms with Gasteiger partial charge in [0.25, 0.3) is 6.02 Å². The fraction of sp³-hybridized carbons (Fsp3) is 0.278. The van der Waals surface area contributed by atoms with Crippen molar-refractivity contribution in [1.82, 2.24) is 0 Å². The van der Waals surface area contributed by atoms with Crippen LogP contribution in [0.2, 0.25) is 0 Å². The summed E-state index contributed by atoms with van der Waals surface area (Å²) < 4.78 is 60.1. The van der Waals surface area contributed by atoms with Crippen molar-refractivity contribution in [3.05, 3.63) is 65.0 Å². The van der Waals surface area contributed by atoms with E-state index >= 15 is 0 Å². The number of nitrogens with two attached hydrogens (primary N) is 1. The minimum atomic E-state index is -1.59. The van der Waals surface area contributed by atoms with E-state index in [1.165, 1.54) is 37.3 Å². The minimum Gasteiger partial charge on any atom is -0.462 e. The van der Waals surface area contributed by atoms with Gasteiger partial charge in [0, 0.05) is 23.9 Å². The van der Waals surface area contributed by atoms with Crippen LogP contribution in [0.1, 0.15) is 18.1 Å². The topological polar surface area (TPSA) is 59.6 Å². The number of amidine groups is 1. The second-order valence-electron chi connectivity index (χ2n) is 6.20. The number of benzene rings is 2. The molecule has 1 aliphatic heterocycles. The average Bonchev–Trinajstić information content (AvgIpc) is 2.57. The van der Waals surface area contributed by atoms with E-state index in [-0.39, 0.29) is 24.7 Å². The highest BCUT2D eigenvalue weighted by Gasteiger charge is 2.42. The van der Waals surface area contributed by atoms with Gasteiger partial charge in [-0.05, 0) is 42.8 Å². The van der Waals surface area contributed by atoms with Crippen molar-refractivity contribution in [3.63, 3.8) is 0 Å². The summed E-state index contributed by atoms with van der Waals surface area (Å²) in [5.41, 5.74) is 4.80. The number of hydrogen-bond donors (Lipinski definition) is 2. The Kier molecular flexibility index (Phi) is 4.76. The van der Waals surface area contributed by atoms with Crippen LogP contribution in [0.25, 0.3) is 0 Å². The average molecular weight is 367 g/mol. The number of aliphatic imine (C=N–C) groups is 1. The maximum absolute atomic E-state index is 14.4. The number of halogens is 4. The van der Waals surface area contributed by atoms with Crippen LogP contribution < -0.4 is 11.1 Å². The number of ether oxygens (including phenoxy) is 1. The van der Waals surface area contributed by atoms with E-state index in [0.717, 1.165) is 6.07 Å². The Hall–Kier alpha value is -2.77. The normalized spacial score (nSPS) is 22.5. The zero-order chi connectivity index (χ0) is 18.9. The molecule has 0 saturated carbocycles. The van der Waals surface area contributed by atoms with E-state index < -0.39 is 29.2 Å². The maximum Gasteiger partial charge on any atom is 0.283 e. The lowest BCUT2D eigenvalue weighted by Crippen LogP contribution is -2.43. The summed E-state index contributed by atoms with van der Waals surface area (Å²) >= 11 is 0. The Morgan fingerprint density at radius 1 is 1.19 bits per heavy atom. The third-order valence-electron chi connectivity index (χ3n) is 4.26. The monoisotopic (exact) mass is 367 g/mol. The number of anilines is 1. The molecule has 0 bridgehead atoms. The number of alkyl halides is 1. The first kappa shape index (κ1) is 18.0. The summed E-state index contributed by atoms with van der Waals surface area (Å²) in [5.74, 6) is -2.03. The Morgan fingerprint density at radius 3 is 2.58 bits per heavy atom. The summed E-state index contributed by atoms with van der Waals surface area (Å²) in [4.78, 5) is 3.94.